The number of benzene rings is 1. The summed E-state index contributed by atoms with van der Waals surface area (Å²) in [5.41, 5.74) is 2.02. The molecule has 1 aliphatic rings. The third-order valence-corrected chi connectivity index (χ3v) is 4.97. The van der Waals surface area contributed by atoms with Crippen molar-refractivity contribution in [2.24, 2.45) is 4.99 Å². The summed E-state index contributed by atoms with van der Waals surface area (Å²) in [5, 5.41) is 7.41. The number of aromatic nitrogens is 1. The summed E-state index contributed by atoms with van der Waals surface area (Å²) in [6, 6.07) is 9.66. The minimum absolute atomic E-state index is 0. The minimum Gasteiger partial charge on any atom is -0.484 e. The average molecular weight is 542 g/mol. The van der Waals surface area contributed by atoms with Crippen LogP contribution in [0, 0.1) is 0 Å². The Morgan fingerprint density at radius 2 is 2.03 bits per heavy atom. The molecule has 1 amide bonds. The van der Waals surface area contributed by atoms with Crippen molar-refractivity contribution in [2.75, 3.05) is 53.9 Å². The van der Waals surface area contributed by atoms with Crippen molar-refractivity contribution in [3.63, 3.8) is 0 Å². The molecule has 9 nitrogen and oxygen atoms in total. The molecule has 0 spiro atoms. The first-order chi connectivity index (χ1) is 14.5. The van der Waals surface area contributed by atoms with Crippen molar-refractivity contribution >= 4 is 35.8 Å². The lowest BCUT2D eigenvalue weighted by Crippen LogP contribution is -2.52. The topological polar surface area (TPSA) is 86.4 Å². The number of likely N-dealkylation sites (N-methyl/N-ethyl adjacent to an activating group) is 1. The summed E-state index contributed by atoms with van der Waals surface area (Å²) in [5.74, 6) is 1.49. The van der Waals surface area contributed by atoms with E-state index in [1.807, 2.05) is 30.3 Å². The van der Waals surface area contributed by atoms with Gasteiger partial charge < -0.3 is 24.4 Å². The maximum atomic E-state index is 11.7. The van der Waals surface area contributed by atoms with E-state index in [-0.39, 0.29) is 36.5 Å². The number of piperazine rings is 1. The lowest BCUT2D eigenvalue weighted by atomic mass is 10.2. The molecule has 31 heavy (non-hydrogen) atoms. The molecule has 1 N–H and O–H groups in total. The van der Waals surface area contributed by atoms with E-state index in [0.717, 1.165) is 49.9 Å². The molecule has 1 saturated heterocycles. The molecule has 10 heteroatoms. The number of carbonyl (C=O) groups is 1. The predicted molar refractivity (Wildman–Crippen MR) is 130 cm³/mol. The first-order valence-electron chi connectivity index (χ1n) is 10.0. The fraction of sp³-hybridized carbons (Fsp3) is 0.476. The molecule has 0 saturated carbocycles. The smallest absolute Gasteiger partial charge is 0.259 e. The number of halogens is 1. The highest BCUT2D eigenvalue weighted by Crippen LogP contribution is 2.14. The molecule has 1 fully saturated rings. The molecule has 0 radical (unpaired) electrons. The number of hydrogen-bond acceptors (Lipinski definition) is 6. The van der Waals surface area contributed by atoms with Crippen LogP contribution in [0.1, 0.15) is 11.3 Å². The maximum absolute atomic E-state index is 11.7. The Morgan fingerprint density at radius 3 is 2.68 bits per heavy atom. The van der Waals surface area contributed by atoms with Gasteiger partial charge in [0, 0.05) is 66.5 Å². The number of ether oxygens (including phenoxy) is 1. The third kappa shape index (κ3) is 7.69. The van der Waals surface area contributed by atoms with Crippen LogP contribution in [0.4, 0.5) is 0 Å². The van der Waals surface area contributed by atoms with Crippen molar-refractivity contribution in [2.45, 2.75) is 13.1 Å². The van der Waals surface area contributed by atoms with Gasteiger partial charge in [0.15, 0.2) is 12.6 Å². The monoisotopic (exact) mass is 542 g/mol. The van der Waals surface area contributed by atoms with Gasteiger partial charge in [-0.15, -0.1) is 24.0 Å². The second-order valence-electron chi connectivity index (χ2n) is 7.38. The van der Waals surface area contributed by atoms with E-state index in [9.17, 15) is 4.79 Å². The number of carbonyl (C=O) groups excluding carboxylic acids is 1. The second kappa shape index (κ2) is 12.5. The summed E-state index contributed by atoms with van der Waals surface area (Å²) in [6.45, 7) is 5.14. The van der Waals surface area contributed by atoms with Crippen LogP contribution in [-0.2, 0) is 17.9 Å². The first-order valence-corrected chi connectivity index (χ1v) is 10.0. The molecular formula is C21H31IN6O3. The van der Waals surface area contributed by atoms with Crippen molar-refractivity contribution in [3.8, 4) is 5.75 Å². The van der Waals surface area contributed by atoms with Crippen LogP contribution in [-0.4, -0.2) is 85.7 Å². The summed E-state index contributed by atoms with van der Waals surface area (Å²) < 4.78 is 10.5. The number of rotatable bonds is 7. The Bertz CT molecular complexity index is 835. The normalized spacial score (nSPS) is 14.7. The largest absolute Gasteiger partial charge is 0.484 e. The van der Waals surface area contributed by atoms with Gasteiger partial charge in [-0.1, -0.05) is 17.3 Å². The molecule has 1 aliphatic heterocycles. The van der Waals surface area contributed by atoms with Crippen LogP contribution in [0.3, 0.4) is 0 Å². The summed E-state index contributed by atoms with van der Waals surface area (Å²) in [7, 11) is 5.23. The van der Waals surface area contributed by atoms with Gasteiger partial charge in [0.25, 0.3) is 5.91 Å². The van der Waals surface area contributed by atoms with Gasteiger partial charge >= 0.3 is 0 Å². The molecule has 0 bridgehead atoms. The Labute approximate surface area is 200 Å². The maximum Gasteiger partial charge on any atom is 0.259 e. The van der Waals surface area contributed by atoms with E-state index in [4.69, 9.17) is 9.26 Å². The molecular weight excluding hydrogens is 511 g/mol. The average Bonchev–Trinajstić information content (AvgIpc) is 3.27. The Kier molecular flexibility index (Phi) is 10.0. The molecule has 2 aromatic rings. The quantitative estimate of drug-likeness (QED) is 0.324. The van der Waals surface area contributed by atoms with Gasteiger partial charge in [-0.05, 0) is 17.7 Å². The van der Waals surface area contributed by atoms with Crippen LogP contribution in [0.25, 0.3) is 0 Å². The Morgan fingerprint density at radius 1 is 1.26 bits per heavy atom. The van der Waals surface area contributed by atoms with Crippen LogP contribution in [0.2, 0.25) is 0 Å². The predicted octanol–water partition coefficient (Wildman–Crippen LogP) is 1.65. The summed E-state index contributed by atoms with van der Waals surface area (Å²) >= 11 is 0. The number of nitrogens with one attached hydrogen (secondary N) is 1. The number of hydrogen-bond donors (Lipinski definition) is 1. The fourth-order valence-corrected chi connectivity index (χ4v) is 3.20. The molecule has 1 aromatic heterocycles. The van der Waals surface area contributed by atoms with Crippen molar-refractivity contribution < 1.29 is 14.1 Å². The number of amides is 1. The second-order valence-corrected chi connectivity index (χ2v) is 7.38. The lowest BCUT2D eigenvalue weighted by Gasteiger charge is -2.36. The Hall–Kier alpha value is -2.34. The van der Waals surface area contributed by atoms with E-state index in [1.54, 1.807) is 27.4 Å². The number of guanidine groups is 1. The van der Waals surface area contributed by atoms with Crippen molar-refractivity contribution in [1.82, 2.24) is 25.2 Å². The number of nitrogens with zero attached hydrogens (tertiary/aromatic N) is 5. The van der Waals surface area contributed by atoms with E-state index < -0.39 is 0 Å². The minimum atomic E-state index is -0.0679. The highest BCUT2D eigenvalue weighted by Gasteiger charge is 2.20. The van der Waals surface area contributed by atoms with E-state index in [2.05, 4.69) is 25.3 Å². The molecule has 3 rings (SSSR count). The SMILES string of the molecule is CN=C(NCc1cccc(OCC(=O)N(C)C)c1)N1CCN(Cc2ccon2)CC1.I. The van der Waals surface area contributed by atoms with Gasteiger partial charge in [-0.3, -0.25) is 14.7 Å². The molecule has 0 unspecified atom stereocenters. The highest BCUT2D eigenvalue weighted by molar-refractivity contribution is 14.0. The standard InChI is InChI=1S/C21H30N6O3.HI/c1-22-21(27-10-8-26(9-11-27)15-18-7-12-30-24-18)23-14-17-5-4-6-19(13-17)29-16-20(28)25(2)3;/h4-7,12-13H,8-11,14-16H2,1-3H3,(H,22,23);1H. The van der Waals surface area contributed by atoms with Gasteiger partial charge in [0.05, 0.1) is 5.69 Å². The van der Waals surface area contributed by atoms with Crippen LogP contribution in [0.5, 0.6) is 5.75 Å². The van der Waals surface area contributed by atoms with Crippen LogP contribution < -0.4 is 10.1 Å². The van der Waals surface area contributed by atoms with Crippen molar-refractivity contribution in [1.29, 1.82) is 0 Å². The Balaban J connectivity index is 0.00000341. The van der Waals surface area contributed by atoms with Crippen LogP contribution >= 0.6 is 24.0 Å². The zero-order valence-electron chi connectivity index (χ0n) is 18.3. The molecule has 0 atom stereocenters. The van der Waals surface area contributed by atoms with Gasteiger partial charge in [-0.2, -0.15) is 0 Å². The fourth-order valence-electron chi connectivity index (χ4n) is 3.20. The molecule has 170 valence electrons. The lowest BCUT2D eigenvalue weighted by molar-refractivity contribution is -0.130. The van der Waals surface area contributed by atoms with Crippen molar-refractivity contribution in [3.05, 3.63) is 47.9 Å². The van der Waals surface area contributed by atoms with Crippen LogP contribution in [0.15, 0.2) is 46.1 Å². The molecule has 0 aliphatic carbocycles. The number of aliphatic imine (C=N–C) groups is 1. The summed E-state index contributed by atoms with van der Waals surface area (Å²) in [6.07, 6.45) is 1.61. The van der Waals surface area contributed by atoms with Gasteiger partial charge in [0.2, 0.25) is 0 Å². The van der Waals surface area contributed by atoms with E-state index >= 15 is 0 Å². The van der Waals surface area contributed by atoms with E-state index in [1.165, 1.54) is 4.90 Å². The molecule has 2 heterocycles. The van der Waals surface area contributed by atoms with E-state index in [0.29, 0.717) is 12.3 Å². The van der Waals surface area contributed by atoms with Gasteiger partial charge in [-0.25, -0.2) is 0 Å². The summed E-state index contributed by atoms with van der Waals surface area (Å²) in [4.78, 5) is 22.3. The zero-order chi connectivity index (χ0) is 21.3. The third-order valence-electron chi connectivity index (χ3n) is 4.97. The van der Waals surface area contributed by atoms with Gasteiger partial charge in [0.1, 0.15) is 12.0 Å². The highest BCUT2D eigenvalue weighted by atomic mass is 127. The molecule has 1 aromatic carbocycles. The zero-order valence-corrected chi connectivity index (χ0v) is 20.6. The first kappa shape index (κ1) is 24.9.